The Morgan fingerprint density at radius 2 is 1.77 bits per heavy atom. The highest BCUT2D eigenvalue weighted by atomic mass is 32.1. The lowest BCUT2D eigenvalue weighted by molar-refractivity contribution is 0.701. The van der Waals surface area contributed by atoms with Crippen molar-refractivity contribution in [2.24, 2.45) is 0 Å². The second kappa shape index (κ2) is 6.79. The zero-order chi connectivity index (χ0) is 9.36. The quantitative estimate of drug-likeness (QED) is 0.488. The molecule has 0 fully saturated rings. The fourth-order valence-electron chi connectivity index (χ4n) is 1.35. The molecule has 0 unspecified atom stereocenters. The molecule has 0 N–H and O–H groups in total. The van der Waals surface area contributed by atoms with Crippen LogP contribution in [0.25, 0.3) is 0 Å². The van der Waals surface area contributed by atoms with Crippen LogP contribution in [0.2, 0.25) is 0 Å². The normalized spacial score (nSPS) is 9.85. The molecular formula is C12H15S. The lowest BCUT2D eigenvalue weighted by atomic mass is 10.1. The molecule has 0 heterocycles. The molecule has 1 heteroatoms. The van der Waals surface area contributed by atoms with E-state index in [1.54, 1.807) is 0 Å². The standard InChI is InChI=1S/C12H15S/c13-11-7-2-1-4-8-12-9-5-3-6-10-12/h3,5-6,9-10H,1-2,4,7-8H2. The number of benzene rings is 1. The van der Waals surface area contributed by atoms with E-state index in [0.29, 0.717) is 0 Å². The summed E-state index contributed by atoms with van der Waals surface area (Å²) in [6.07, 6.45) is 5.87. The number of thiocarbonyl (C=S) groups is 1. The van der Waals surface area contributed by atoms with Gasteiger partial charge in [0.2, 0.25) is 0 Å². The molecule has 0 bridgehead atoms. The van der Waals surface area contributed by atoms with Gasteiger partial charge in [0, 0.05) is 5.37 Å². The average molecular weight is 191 g/mol. The van der Waals surface area contributed by atoms with Gasteiger partial charge < -0.3 is 0 Å². The van der Waals surface area contributed by atoms with Gasteiger partial charge in [-0.05, 0) is 31.2 Å². The summed E-state index contributed by atoms with van der Waals surface area (Å²) < 4.78 is 0. The predicted octanol–water partition coefficient (Wildman–Crippen LogP) is 3.67. The first-order chi connectivity index (χ1) is 6.43. The molecule has 1 rings (SSSR count). The van der Waals surface area contributed by atoms with Gasteiger partial charge in [-0.15, -0.1) is 0 Å². The summed E-state index contributed by atoms with van der Waals surface area (Å²) in [4.78, 5) is 0. The van der Waals surface area contributed by atoms with Crippen molar-refractivity contribution in [2.75, 3.05) is 0 Å². The Balaban J connectivity index is 2.10. The first-order valence-electron chi connectivity index (χ1n) is 4.82. The lowest BCUT2D eigenvalue weighted by Crippen LogP contribution is -1.85. The minimum absolute atomic E-state index is 0.962. The third-order valence-corrected chi connectivity index (χ3v) is 2.29. The van der Waals surface area contributed by atoms with E-state index in [1.807, 2.05) is 0 Å². The molecule has 0 aliphatic carbocycles. The van der Waals surface area contributed by atoms with E-state index >= 15 is 0 Å². The van der Waals surface area contributed by atoms with Crippen LogP contribution < -0.4 is 0 Å². The third-order valence-electron chi connectivity index (χ3n) is 2.09. The van der Waals surface area contributed by atoms with Crippen LogP contribution in [-0.2, 0) is 6.42 Å². The Bertz CT molecular complexity index is 228. The van der Waals surface area contributed by atoms with E-state index in [-0.39, 0.29) is 0 Å². The van der Waals surface area contributed by atoms with E-state index in [4.69, 9.17) is 0 Å². The molecule has 0 spiro atoms. The molecule has 0 saturated carbocycles. The summed E-state index contributed by atoms with van der Waals surface area (Å²) in [6.45, 7) is 0. The zero-order valence-electron chi connectivity index (χ0n) is 7.83. The van der Waals surface area contributed by atoms with Crippen LogP contribution in [0.1, 0.15) is 31.2 Å². The molecule has 0 aliphatic rings. The molecule has 1 aromatic rings. The molecule has 69 valence electrons. The van der Waals surface area contributed by atoms with Gasteiger partial charge in [-0.3, -0.25) is 0 Å². The maximum atomic E-state index is 4.65. The van der Waals surface area contributed by atoms with Crippen molar-refractivity contribution >= 4 is 17.6 Å². The predicted molar refractivity (Wildman–Crippen MR) is 61.2 cm³/mol. The molecule has 1 aromatic carbocycles. The van der Waals surface area contributed by atoms with Crippen LogP contribution >= 0.6 is 12.2 Å². The molecule has 1 radical (unpaired) electrons. The maximum absolute atomic E-state index is 4.65. The first kappa shape index (κ1) is 10.4. The fourth-order valence-corrected chi connectivity index (χ4v) is 1.49. The minimum atomic E-state index is 0.962. The Morgan fingerprint density at radius 3 is 2.46 bits per heavy atom. The summed E-state index contributed by atoms with van der Waals surface area (Å²) in [5.74, 6) is 0. The monoisotopic (exact) mass is 191 g/mol. The van der Waals surface area contributed by atoms with Crippen molar-refractivity contribution < 1.29 is 0 Å². The van der Waals surface area contributed by atoms with Crippen LogP contribution in [0.5, 0.6) is 0 Å². The second-order valence-electron chi connectivity index (χ2n) is 3.19. The Hall–Kier alpha value is -0.690. The summed E-state index contributed by atoms with van der Waals surface area (Å²) in [5, 5.41) is 2.75. The molecule has 0 nitrogen and oxygen atoms in total. The van der Waals surface area contributed by atoms with Crippen LogP contribution in [-0.4, -0.2) is 5.37 Å². The van der Waals surface area contributed by atoms with Crippen molar-refractivity contribution in [3.05, 3.63) is 35.9 Å². The van der Waals surface area contributed by atoms with Crippen molar-refractivity contribution in [1.29, 1.82) is 0 Å². The van der Waals surface area contributed by atoms with E-state index in [9.17, 15) is 0 Å². The van der Waals surface area contributed by atoms with Gasteiger partial charge in [0.15, 0.2) is 0 Å². The largest absolute Gasteiger partial charge is 0.0837 e. The van der Waals surface area contributed by atoms with Gasteiger partial charge in [0.25, 0.3) is 0 Å². The summed E-state index contributed by atoms with van der Waals surface area (Å²) in [7, 11) is 0. The average Bonchev–Trinajstić information content (AvgIpc) is 2.19. The molecule has 0 amide bonds. The number of unbranched alkanes of at least 4 members (excludes halogenated alkanes) is 3. The van der Waals surface area contributed by atoms with E-state index in [2.05, 4.69) is 47.9 Å². The van der Waals surface area contributed by atoms with Crippen LogP contribution in [0, 0.1) is 0 Å². The van der Waals surface area contributed by atoms with Crippen molar-refractivity contribution in [3.8, 4) is 0 Å². The summed E-state index contributed by atoms with van der Waals surface area (Å²) in [6, 6.07) is 10.6. The molecule has 0 aromatic heterocycles. The van der Waals surface area contributed by atoms with Gasteiger partial charge in [0.05, 0.1) is 0 Å². The second-order valence-corrected chi connectivity index (χ2v) is 3.48. The SMILES string of the molecule is S=[C]CCCCCc1ccccc1. The highest BCUT2D eigenvalue weighted by Crippen LogP contribution is 2.06. The number of hydrogen-bond acceptors (Lipinski definition) is 1. The number of aryl methyl sites for hydroxylation is 1. The van der Waals surface area contributed by atoms with Crippen LogP contribution in [0.4, 0.5) is 0 Å². The lowest BCUT2D eigenvalue weighted by Gasteiger charge is -1.99. The molecule has 0 aliphatic heterocycles. The molecule has 0 atom stereocenters. The van der Waals surface area contributed by atoms with E-state index in [1.165, 1.54) is 31.2 Å². The Kier molecular flexibility index (Phi) is 5.42. The Labute approximate surface area is 86.0 Å². The number of hydrogen-bond donors (Lipinski definition) is 0. The van der Waals surface area contributed by atoms with Gasteiger partial charge in [-0.2, -0.15) is 0 Å². The molecular weight excluding hydrogens is 176 g/mol. The zero-order valence-corrected chi connectivity index (χ0v) is 8.65. The topological polar surface area (TPSA) is 0 Å². The molecule has 0 saturated heterocycles. The van der Waals surface area contributed by atoms with Gasteiger partial charge in [-0.1, -0.05) is 49.0 Å². The smallest absolute Gasteiger partial charge is 0.0291 e. The summed E-state index contributed by atoms with van der Waals surface area (Å²) >= 11 is 4.65. The van der Waals surface area contributed by atoms with Crippen molar-refractivity contribution in [3.63, 3.8) is 0 Å². The van der Waals surface area contributed by atoms with E-state index in [0.717, 1.165) is 6.42 Å². The fraction of sp³-hybridized carbons (Fsp3) is 0.417. The maximum Gasteiger partial charge on any atom is 0.0291 e. The highest BCUT2D eigenvalue weighted by molar-refractivity contribution is 7.78. The number of rotatable bonds is 6. The third kappa shape index (κ3) is 4.79. The minimum Gasteiger partial charge on any atom is -0.0837 e. The summed E-state index contributed by atoms with van der Waals surface area (Å²) in [5.41, 5.74) is 1.44. The van der Waals surface area contributed by atoms with Crippen LogP contribution in [0.15, 0.2) is 30.3 Å². The van der Waals surface area contributed by atoms with E-state index < -0.39 is 0 Å². The van der Waals surface area contributed by atoms with Gasteiger partial charge in [0.1, 0.15) is 0 Å². The van der Waals surface area contributed by atoms with Gasteiger partial charge in [-0.25, -0.2) is 0 Å². The first-order valence-corrected chi connectivity index (χ1v) is 5.23. The van der Waals surface area contributed by atoms with Crippen molar-refractivity contribution in [2.45, 2.75) is 32.1 Å². The highest BCUT2D eigenvalue weighted by Gasteiger charge is 1.91. The Morgan fingerprint density at radius 1 is 1.00 bits per heavy atom. The van der Waals surface area contributed by atoms with Crippen molar-refractivity contribution in [1.82, 2.24) is 0 Å². The van der Waals surface area contributed by atoms with Crippen LogP contribution in [0.3, 0.4) is 0 Å². The van der Waals surface area contributed by atoms with Gasteiger partial charge >= 0.3 is 0 Å². The molecule has 13 heavy (non-hydrogen) atoms.